The van der Waals surface area contributed by atoms with Gasteiger partial charge in [0.2, 0.25) is 5.91 Å². The van der Waals surface area contributed by atoms with Crippen LogP contribution in [0.15, 0.2) is 30.5 Å². The Bertz CT molecular complexity index is 862. The molecule has 1 fully saturated rings. The summed E-state index contributed by atoms with van der Waals surface area (Å²) in [6.45, 7) is 1.04. The first kappa shape index (κ1) is 21.2. The summed E-state index contributed by atoms with van der Waals surface area (Å²) in [7, 11) is 1.54. The molecule has 1 N–H and O–H groups in total. The van der Waals surface area contributed by atoms with Gasteiger partial charge >= 0.3 is 0 Å². The Kier molecular flexibility index (Phi) is 7.16. The number of aromatic nitrogens is 3. The molecular weight excluding hydrogens is 401 g/mol. The molecule has 0 radical (unpaired) electrons. The van der Waals surface area contributed by atoms with Crippen molar-refractivity contribution >= 4 is 23.4 Å². The maximum Gasteiger partial charge on any atom is 0.273 e. The molecule has 2 unspecified atom stereocenters. The number of benzene rings is 1. The van der Waals surface area contributed by atoms with Gasteiger partial charge in [-0.2, -0.15) is 0 Å². The predicted molar refractivity (Wildman–Crippen MR) is 104 cm³/mol. The third-order valence-electron chi connectivity index (χ3n) is 4.74. The second kappa shape index (κ2) is 9.80. The molecule has 1 aliphatic rings. The van der Waals surface area contributed by atoms with Gasteiger partial charge in [0.1, 0.15) is 6.17 Å². The molecule has 1 aliphatic heterocycles. The molecule has 1 saturated heterocycles. The molecule has 10 heteroatoms. The number of halogens is 2. The third kappa shape index (κ3) is 5.51. The summed E-state index contributed by atoms with van der Waals surface area (Å²) < 4.78 is 20.4. The predicted octanol–water partition coefficient (Wildman–Crippen LogP) is 1.49. The van der Waals surface area contributed by atoms with Crippen LogP contribution in [0.1, 0.15) is 22.5 Å². The molecule has 1 aromatic carbocycles. The molecule has 0 spiro atoms. The maximum absolute atomic E-state index is 14.1. The summed E-state index contributed by atoms with van der Waals surface area (Å²) >= 11 is 6.13. The topological polar surface area (TPSA) is 89.4 Å². The highest BCUT2D eigenvalue weighted by Crippen LogP contribution is 2.24. The Hall–Kier alpha value is -2.52. The molecule has 2 heterocycles. The fraction of sp³-hybridized carbons (Fsp3) is 0.474. The Labute approximate surface area is 173 Å². The van der Waals surface area contributed by atoms with Gasteiger partial charge in [-0.05, 0) is 11.6 Å². The summed E-state index contributed by atoms with van der Waals surface area (Å²) in [6, 6.07) is 6.73. The van der Waals surface area contributed by atoms with E-state index >= 15 is 0 Å². The average Bonchev–Trinajstić information content (AvgIpc) is 3.30. The molecule has 0 saturated carbocycles. The summed E-state index contributed by atoms with van der Waals surface area (Å²) in [5.74, 6) is -0.560. The number of hydrogen-bond acceptors (Lipinski definition) is 5. The number of hydrogen-bond donors (Lipinski definition) is 1. The first-order valence-corrected chi connectivity index (χ1v) is 9.70. The van der Waals surface area contributed by atoms with Gasteiger partial charge in [0.05, 0.1) is 38.4 Å². The van der Waals surface area contributed by atoms with Crippen LogP contribution in [0.4, 0.5) is 4.39 Å². The van der Waals surface area contributed by atoms with Gasteiger partial charge in [-0.25, -0.2) is 9.07 Å². The SMILES string of the molecule is COCCNC(=O)c1cn(CC2CC(F)CN2C(=O)Cc2ccccc2Cl)nn1. The number of ether oxygens (including phenoxy) is 1. The van der Waals surface area contributed by atoms with Crippen molar-refractivity contribution in [2.24, 2.45) is 0 Å². The Balaban J connectivity index is 1.63. The van der Waals surface area contributed by atoms with E-state index in [-0.39, 0.29) is 49.5 Å². The highest BCUT2D eigenvalue weighted by atomic mass is 35.5. The van der Waals surface area contributed by atoms with Gasteiger partial charge in [-0.1, -0.05) is 35.0 Å². The van der Waals surface area contributed by atoms with E-state index < -0.39 is 6.17 Å². The number of nitrogens with one attached hydrogen (secondary N) is 1. The van der Waals surface area contributed by atoms with Crippen molar-refractivity contribution in [3.63, 3.8) is 0 Å². The second-order valence-corrected chi connectivity index (χ2v) is 7.28. The van der Waals surface area contributed by atoms with E-state index in [1.165, 1.54) is 15.8 Å². The van der Waals surface area contributed by atoms with Crippen LogP contribution in [0.5, 0.6) is 0 Å². The van der Waals surface area contributed by atoms with E-state index in [1.54, 1.807) is 25.3 Å². The van der Waals surface area contributed by atoms with Gasteiger partial charge in [0.25, 0.3) is 5.91 Å². The van der Waals surface area contributed by atoms with E-state index in [1.807, 2.05) is 6.07 Å². The lowest BCUT2D eigenvalue weighted by molar-refractivity contribution is -0.131. The number of methoxy groups -OCH3 is 1. The minimum atomic E-state index is -1.10. The normalized spacial score (nSPS) is 18.8. The molecule has 1 aromatic heterocycles. The number of carbonyl (C=O) groups is 2. The molecule has 2 aromatic rings. The molecule has 3 rings (SSSR count). The van der Waals surface area contributed by atoms with Crippen LogP contribution in [-0.4, -0.2) is 70.7 Å². The van der Waals surface area contributed by atoms with E-state index in [0.29, 0.717) is 23.7 Å². The molecule has 156 valence electrons. The summed E-state index contributed by atoms with van der Waals surface area (Å²) in [4.78, 5) is 26.3. The van der Waals surface area contributed by atoms with Crippen LogP contribution in [0.2, 0.25) is 5.02 Å². The van der Waals surface area contributed by atoms with Crippen molar-refractivity contribution in [3.8, 4) is 0 Å². The largest absolute Gasteiger partial charge is 0.383 e. The molecule has 29 heavy (non-hydrogen) atoms. The van der Waals surface area contributed by atoms with Crippen LogP contribution in [-0.2, 0) is 22.5 Å². The van der Waals surface area contributed by atoms with E-state index in [0.717, 1.165) is 0 Å². The Morgan fingerprint density at radius 2 is 2.17 bits per heavy atom. The van der Waals surface area contributed by atoms with Gasteiger partial charge in [-0.3, -0.25) is 9.59 Å². The van der Waals surface area contributed by atoms with Gasteiger partial charge in [-0.15, -0.1) is 5.10 Å². The van der Waals surface area contributed by atoms with Crippen LogP contribution < -0.4 is 5.32 Å². The highest BCUT2D eigenvalue weighted by Gasteiger charge is 2.35. The van der Waals surface area contributed by atoms with Crippen molar-refractivity contribution in [2.45, 2.75) is 31.6 Å². The van der Waals surface area contributed by atoms with Crippen molar-refractivity contribution in [3.05, 3.63) is 46.7 Å². The fourth-order valence-corrected chi connectivity index (χ4v) is 3.51. The van der Waals surface area contributed by atoms with Crippen LogP contribution >= 0.6 is 11.6 Å². The monoisotopic (exact) mass is 423 g/mol. The number of nitrogens with zero attached hydrogens (tertiary/aromatic N) is 4. The minimum absolute atomic E-state index is 0.0347. The lowest BCUT2D eigenvalue weighted by atomic mass is 10.1. The van der Waals surface area contributed by atoms with Gasteiger partial charge < -0.3 is 15.0 Å². The standard InChI is InChI=1S/C19H23ClFN5O3/c1-29-7-6-22-19(28)17-12-25(24-23-17)11-15-9-14(21)10-26(15)18(27)8-13-4-2-3-5-16(13)20/h2-5,12,14-15H,6-11H2,1H3,(H,22,28). The second-order valence-electron chi connectivity index (χ2n) is 6.88. The third-order valence-corrected chi connectivity index (χ3v) is 5.11. The molecule has 2 amide bonds. The molecule has 2 atom stereocenters. The first-order valence-electron chi connectivity index (χ1n) is 9.32. The molecule has 8 nitrogen and oxygen atoms in total. The van der Waals surface area contributed by atoms with Crippen molar-refractivity contribution in [1.29, 1.82) is 0 Å². The van der Waals surface area contributed by atoms with E-state index in [9.17, 15) is 14.0 Å². The number of likely N-dealkylation sites (tertiary alicyclic amines) is 1. The zero-order valence-corrected chi connectivity index (χ0v) is 16.8. The minimum Gasteiger partial charge on any atom is -0.383 e. The van der Waals surface area contributed by atoms with E-state index in [4.69, 9.17) is 16.3 Å². The van der Waals surface area contributed by atoms with Crippen LogP contribution in [0.3, 0.4) is 0 Å². The number of amides is 2. The molecular formula is C19H23ClFN5O3. The summed E-state index contributed by atoms with van der Waals surface area (Å²) in [6.07, 6.45) is 0.705. The Morgan fingerprint density at radius 3 is 2.93 bits per heavy atom. The van der Waals surface area contributed by atoms with Gasteiger partial charge in [0, 0.05) is 25.1 Å². The highest BCUT2D eigenvalue weighted by molar-refractivity contribution is 6.31. The first-order chi connectivity index (χ1) is 14.0. The summed E-state index contributed by atoms with van der Waals surface area (Å²) in [5, 5.41) is 11.0. The van der Waals surface area contributed by atoms with Gasteiger partial charge in [0.15, 0.2) is 5.69 Å². The molecule has 0 aliphatic carbocycles. The fourth-order valence-electron chi connectivity index (χ4n) is 3.31. The van der Waals surface area contributed by atoms with Crippen molar-refractivity contribution in [1.82, 2.24) is 25.2 Å². The van der Waals surface area contributed by atoms with Crippen LogP contribution in [0, 0.1) is 0 Å². The smallest absolute Gasteiger partial charge is 0.273 e. The lowest BCUT2D eigenvalue weighted by Crippen LogP contribution is -2.39. The summed E-state index contributed by atoms with van der Waals surface area (Å²) in [5.41, 5.74) is 0.862. The van der Waals surface area contributed by atoms with Crippen molar-refractivity contribution < 1.29 is 18.7 Å². The zero-order valence-electron chi connectivity index (χ0n) is 16.1. The Morgan fingerprint density at radius 1 is 1.38 bits per heavy atom. The number of carbonyl (C=O) groups excluding carboxylic acids is 2. The van der Waals surface area contributed by atoms with Crippen molar-refractivity contribution in [2.75, 3.05) is 26.8 Å². The van der Waals surface area contributed by atoms with Crippen LogP contribution in [0.25, 0.3) is 0 Å². The zero-order chi connectivity index (χ0) is 20.8. The van der Waals surface area contributed by atoms with E-state index in [2.05, 4.69) is 15.6 Å². The average molecular weight is 424 g/mol. The lowest BCUT2D eigenvalue weighted by Gasteiger charge is -2.24. The quantitative estimate of drug-likeness (QED) is 0.650. The maximum atomic E-state index is 14.1. The number of rotatable bonds is 8. The number of alkyl halides is 1. The molecule has 0 bridgehead atoms.